The van der Waals surface area contributed by atoms with Crippen LogP contribution in [0.1, 0.15) is 33.9 Å². The number of carbonyl (C=O) groups excluding carboxylic acids is 2. The highest BCUT2D eigenvalue weighted by molar-refractivity contribution is 7.22. The predicted molar refractivity (Wildman–Crippen MR) is 142 cm³/mol. The molecule has 1 fully saturated rings. The fourth-order valence-electron chi connectivity index (χ4n) is 4.29. The van der Waals surface area contributed by atoms with Crippen molar-refractivity contribution in [2.24, 2.45) is 0 Å². The summed E-state index contributed by atoms with van der Waals surface area (Å²) in [6.45, 7) is 5.72. The molecule has 2 heterocycles. The second-order valence-corrected chi connectivity index (χ2v) is 10.5. The van der Waals surface area contributed by atoms with Gasteiger partial charge in [0.25, 0.3) is 5.78 Å². The van der Waals surface area contributed by atoms with E-state index in [1.165, 1.54) is 16.2 Å². The van der Waals surface area contributed by atoms with Crippen molar-refractivity contribution in [3.63, 3.8) is 0 Å². The van der Waals surface area contributed by atoms with E-state index in [2.05, 4.69) is 4.98 Å². The quantitative estimate of drug-likeness (QED) is 0.176. The van der Waals surface area contributed by atoms with Gasteiger partial charge in [-0.3, -0.25) is 14.5 Å². The van der Waals surface area contributed by atoms with E-state index in [1.54, 1.807) is 24.3 Å². The minimum absolute atomic E-state index is 0.0162. The van der Waals surface area contributed by atoms with Gasteiger partial charge in [0.15, 0.2) is 5.13 Å². The van der Waals surface area contributed by atoms with Gasteiger partial charge in [-0.2, -0.15) is 0 Å². The van der Waals surface area contributed by atoms with Gasteiger partial charge in [0.2, 0.25) is 0 Å². The number of nitrogens with zero attached hydrogens (tertiary/aromatic N) is 2. The molecular formula is C27H20Cl2N2O3S. The van der Waals surface area contributed by atoms with E-state index in [1.807, 2.05) is 51.1 Å². The first-order valence-corrected chi connectivity index (χ1v) is 12.4. The first-order valence-electron chi connectivity index (χ1n) is 10.9. The summed E-state index contributed by atoms with van der Waals surface area (Å²) in [7, 11) is 0. The number of halogens is 2. The first-order chi connectivity index (χ1) is 16.7. The molecule has 5 rings (SSSR count). The van der Waals surface area contributed by atoms with E-state index in [0.717, 1.165) is 26.9 Å². The van der Waals surface area contributed by atoms with Crippen LogP contribution in [0.15, 0.2) is 60.2 Å². The zero-order chi connectivity index (χ0) is 25.0. The molecule has 1 aliphatic rings. The van der Waals surface area contributed by atoms with E-state index in [0.29, 0.717) is 21.3 Å². The third kappa shape index (κ3) is 4.01. The Morgan fingerprint density at radius 3 is 2.40 bits per heavy atom. The molecule has 0 aliphatic carbocycles. The number of carbonyl (C=O) groups is 2. The van der Waals surface area contributed by atoms with Crippen LogP contribution in [-0.2, 0) is 9.59 Å². The predicted octanol–water partition coefficient (Wildman–Crippen LogP) is 7.15. The Balaban J connectivity index is 1.77. The number of Topliss-reactive ketones (excluding diaryl/α,β-unsaturated/α-hetero) is 1. The van der Waals surface area contributed by atoms with Crippen molar-refractivity contribution in [3.05, 3.63) is 98.0 Å². The normalized spacial score (nSPS) is 17.5. The molecule has 0 radical (unpaired) electrons. The smallest absolute Gasteiger partial charge is 0.301 e. The number of hydrogen-bond acceptors (Lipinski definition) is 5. The second-order valence-electron chi connectivity index (χ2n) is 8.63. The maximum atomic E-state index is 13.4. The van der Waals surface area contributed by atoms with Crippen molar-refractivity contribution >= 4 is 67.3 Å². The summed E-state index contributed by atoms with van der Waals surface area (Å²) >= 11 is 13.8. The molecular weight excluding hydrogens is 503 g/mol. The maximum absolute atomic E-state index is 13.4. The van der Waals surface area contributed by atoms with Gasteiger partial charge in [-0.1, -0.05) is 64.4 Å². The Labute approximate surface area is 216 Å². The van der Waals surface area contributed by atoms with Crippen LogP contribution in [0.2, 0.25) is 10.0 Å². The number of aryl methyl sites for hydroxylation is 3. The molecule has 0 bridgehead atoms. The van der Waals surface area contributed by atoms with Crippen LogP contribution >= 0.6 is 34.5 Å². The summed E-state index contributed by atoms with van der Waals surface area (Å²) in [4.78, 5) is 32.8. The number of anilines is 1. The van der Waals surface area contributed by atoms with Crippen molar-refractivity contribution in [3.8, 4) is 0 Å². The van der Waals surface area contributed by atoms with Crippen molar-refractivity contribution in [2.45, 2.75) is 26.8 Å². The van der Waals surface area contributed by atoms with E-state index in [4.69, 9.17) is 23.2 Å². The first kappa shape index (κ1) is 23.5. The molecule has 0 saturated carbocycles. The number of ketones is 1. The van der Waals surface area contributed by atoms with Gasteiger partial charge < -0.3 is 5.11 Å². The molecule has 1 unspecified atom stereocenters. The number of thiazole rings is 1. The number of aliphatic hydroxyl groups excluding tert-OH is 1. The average Bonchev–Trinajstić information content (AvgIpc) is 3.34. The second kappa shape index (κ2) is 8.79. The molecule has 0 spiro atoms. The maximum Gasteiger partial charge on any atom is 0.301 e. The average molecular weight is 523 g/mol. The fraction of sp³-hybridized carbons (Fsp3) is 0.148. The van der Waals surface area contributed by atoms with Crippen LogP contribution in [0.4, 0.5) is 5.13 Å². The van der Waals surface area contributed by atoms with Gasteiger partial charge in [-0.25, -0.2) is 4.98 Å². The van der Waals surface area contributed by atoms with Crippen molar-refractivity contribution in [2.75, 3.05) is 4.90 Å². The lowest BCUT2D eigenvalue weighted by atomic mass is 9.93. The molecule has 4 aromatic rings. The molecule has 176 valence electrons. The summed E-state index contributed by atoms with van der Waals surface area (Å²) < 4.78 is 0.893. The Bertz CT molecular complexity index is 1570. The SMILES string of the molecule is Cc1ccc(C)c(/C(O)=C2\C(=O)C(=O)N(c3nc4ccc(C)cc4s3)C2c2ccc(Cl)c(Cl)c2)c1. The largest absolute Gasteiger partial charge is 0.507 e. The lowest BCUT2D eigenvalue weighted by Crippen LogP contribution is -2.29. The van der Waals surface area contributed by atoms with Crippen LogP contribution in [0, 0.1) is 20.8 Å². The Morgan fingerprint density at radius 1 is 0.943 bits per heavy atom. The Morgan fingerprint density at radius 2 is 1.66 bits per heavy atom. The monoisotopic (exact) mass is 522 g/mol. The van der Waals surface area contributed by atoms with Crippen LogP contribution in [0.25, 0.3) is 16.0 Å². The number of amides is 1. The molecule has 1 aromatic heterocycles. The highest BCUT2D eigenvalue weighted by Crippen LogP contribution is 2.45. The molecule has 3 aromatic carbocycles. The summed E-state index contributed by atoms with van der Waals surface area (Å²) in [5.74, 6) is -1.78. The zero-order valence-electron chi connectivity index (χ0n) is 19.1. The van der Waals surface area contributed by atoms with Crippen LogP contribution in [-0.4, -0.2) is 21.8 Å². The highest BCUT2D eigenvalue weighted by atomic mass is 35.5. The molecule has 1 N–H and O–H groups in total. The van der Waals surface area contributed by atoms with E-state index in [-0.39, 0.29) is 16.4 Å². The van der Waals surface area contributed by atoms with E-state index in [9.17, 15) is 14.7 Å². The van der Waals surface area contributed by atoms with Gasteiger partial charge >= 0.3 is 5.91 Å². The summed E-state index contributed by atoms with van der Waals surface area (Å²) in [5.41, 5.74) is 4.50. The zero-order valence-corrected chi connectivity index (χ0v) is 21.4. The number of rotatable bonds is 3. The van der Waals surface area contributed by atoms with Gasteiger partial charge in [-0.05, 0) is 67.8 Å². The van der Waals surface area contributed by atoms with Gasteiger partial charge in [0.1, 0.15) is 5.76 Å². The van der Waals surface area contributed by atoms with E-state index < -0.39 is 17.7 Å². The Hall–Kier alpha value is -3.19. The van der Waals surface area contributed by atoms with Crippen molar-refractivity contribution in [1.82, 2.24) is 4.98 Å². The number of aromatic nitrogens is 1. The lowest BCUT2D eigenvalue weighted by Gasteiger charge is -2.23. The fourth-order valence-corrected chi connectivity index (χ4v) is 5.68. The van der Waals surface area contributed by atoms with Gasteiger partial charge in [0.05, 0.1) is 31.9 Å². The molecule has 35 heavy (non-hydrogen) atoms. The minimum Gasteiger partial charge on any atom is -0.507 e. The highest BCUT2D eigenvalue weighted by Gasteiger charge is 2.48. The number of fused-ring (bicyclic) bond motifs is 1. The third-order valence-corrected chi connectivity index (χ3v) is 7.85. The number of aliphatic hydroxyl groups is 1. The van der Waals surface area contributed by atoms with Crippen molar-refractivity contribution < 1.29 is 14.7 Å². The van der Waals surface area contributed by atoms with Crippen LogP contribution < -0.4 is 4.90 Å². The summed E-state index contributed by atoms with van der Waals surface area (Å²) in [5, 5.41) is 12.4. The number of benzene rings is 3. The minimum atomic E-state index is -0.925. The third-order valence-electron chi connectivity index (χ3n) is 6.09. The lowest BCUT2D eigenvalue weighted by molar-refractivity contribution is -0.132. The standard InChI is InChI=1S/C27H20Cl2N2O3S/c1-13-4-6-15(3)17(10-13)24(32)22-23(16-7-8-18(28)19(29)12-16)31(26(34)25(22)33)27-30-20-9-5-14(2)11-21(20)35-27/h4-12,23,32H,1-3H3/b24-22+. The molecule has 8 heteroatoms. The topological polar surface area (TPSA) is 70.5 Å². The van der Waals surface area contributed by atoms with Crippen LogP contribution in [0.5, 0.6) is 0 Å². The molecule has 1 atom stereocenters. The van der Waals surface area contributed by atoms with Gasteiger partial charge in [0, 0.05) is 5.56 Å². The molecule has 5 nitrogen and oxygen atoms in total. The van der Waals surface area contributed by atoms with Crippen LogP contribution in [0.3, 0.4) is 0 Å². The van der Waals surface area contributed by atoms with Crippen molar-refractivity contribution in [1.29, 1.82) is 0 Å². The summed E-state index contributed by atoms with van der Waals surface area (Å²) in [6, 6.07) is 15.4. The molecule has 1 amide bonds. The summed E-state index contributed by atoms with van der Waals surface area (Å²) in [6.07, 6.45) is 0. The number of hydrogen-bond donors (Lipinski definition) is 1. The van der Waals surface area contributed by atoms with E-state index >= 15 is 0 Å². The van der Waals surface area contributed by atoms with Gasteiger partial charge in [-0.15, -0.1) is 0 Å². The molecule has 1 saturated heterocycles. The Kier molecular flexibility index (Phi) is 5.91. The molecule has 1 aliphatic heterocycles.